The van der Waals surface area contributed by atoms with E-state index in [2.05, 4.69) is 37.2 Å². The molecule has 2 rings (SSSR count). The lowest BCUT2D eigenvalue weighted by Crippen LogP contribution is -2.05. The number of hydrogen-bond acceptors (Lipinski definition) is 4. The maximum atomic E-state index is 12.1. The van der Waals surface area contributed by atoms with E-state index in [1.807, 2.05) is 30.3 Å². The van der Waals surface area contributed by atoms with Crippen molar-refractivity contribution in [3.8, 4) is 0 Å². The second-order valence-electron chi connectivity index (χ2n) is 4.16. The zero-order valence-corrected chi connectivity index (χ0v) is 15.8. The van der Waals surface area contributed by atoms with Gasteiger partial charge in [0.25, 0.3) is 0 Å². The third-order valence-electron chi connectivity index (χ3n) is 2.50. The minimum atomic E-state index is -0.0986. The minimum absolute atomic E-state index is 0.0831. The lowest BCUT2D eigenvalue weighted by atomic mass is 10.2. The number of nitrogens with one attached hydrogen (secondary N) is 1. The number of ketones is 1. The van der Waals surface area contributed by atoms with Crippen molar-refractivity contribution in [3.05, 3.63) is 43.5 Å². The molecule has 1 amide bonds. The molecule has 1 aromatic carbocycles. The molecule has 0 spiro atoms. The summed E-state index contributed by atoms with van der Waals surface area (Å²) in [4.78, 5) is 24.1. The fourth-order valence-corrected chi connectivity index (χ4v) is 5.23. The highest BCUT2D eigenvalue weighted by Gasteiger charge is 2.13. The number of thiophene rings is 1. The molecule has 0 radical (unpaired) electrons. The second kappa shape index (κ2) is 7.58. The molecule has 0 atom stereocenters. The number of amides is 1. The second-order valence-corrected chi connectivity index (χ2v) is 8.95. The van der Waals surface area contributed by atoms with Gasteiger partial charge in [-0.1, -0.05) is 0 Å². The van der Waals surface area contributed by atoms with E-state index in [-0.39, 0.29) is 11.7 Å². The summed E-state index contributed by atoms with van der Waals surface area (Å²) >= 11 is 9.73. The number of carbonyl (C=O) groups excluding carboxylic acids is 2. The van der Waals surface area contributed by atoms with Crippen LogP contribution in [0.1, 0.15) is 17.3 Å². The Morgan fingerprint density at radius 2 is 1.90 bits per heavy atom. The van der Waals surface area contributed by atoms with Crippen molar-refractivity contribution in [1.82, 2.24) is 0 Å². The van der Waals surface area contributed by atoms with Gasteiger partial charge in [-0.3, -0.25) is 9.59 Å². The van der Waals surface area contributed by atoms with E-state index in [4.69, 9.17) is 0 Å². The van der Waals surface area contributed by atoms with Crippen molar-refractivity contribution in [2.45, 2.75) is 11.8 Å². The summed E-state index contributed by atoms with van der Waals surface area (Å²) in [6, 6.07) is 9.26. The molecule has 110 valence electrons. The fraction of sp³-hybridized carbons (Fsp3) is 0.143. The first-order valence-corrected chi connectivity index (χ1v) is 9.33. The standard InChI is InChI=1S/C14H11Br2NO2S2/c1-8(18)17-9-2-4-10(5-3-9)20-7-12(19)11-6-13(15)21-14(11)16/h2-6H,7H2,1H3,(H,17,18). The van der Waals surface area contributed by atoms with Crippen molar-refractivity contribution in [3.63, 3.8) is 0 Å². The average Bonchev–Trinajstić information content (AvgIpc) is 2.76. The molecule has 0 aliphatic carbocycles. The van der Waals surface area contributed by atoms with E-state index in [1.165, 1.54) is 30.0 Å². The Labute approximate surface area is 147 Å². The molecule has 0 saturated heterocycles. The van der Waals surface area contributed by atoms with Gasteiger partial charge in [-0.2, -0.15) is 0 Å². The van der Waals surface area contributed by atoms with Crippen LogP contribution < -0.4 is 5.32 Å². The summed E-state index contributed by atoms with van der Waals surface area (Å²) in [5, 5.41) is 2.71. The van der Waals surface area contributed by atoms with Crippen LogP contribution in [0.2, 0.25) is 0 Å². The molecular formula is C14H11Br2NO2S2. The number of benzene rings is 1. The van der Waals surface area contributed by atoms with Crippen LogP contribution in [0, 0.1) is 0 Å². The fourth-order valence-electron chi connectivity index (χ4n) is 1.59. The highest BCUT2D eigenvalue weighted by atomic mass is 79.9. The first-order valence-electron chi connectivity index (χ1n) is 5.94. The lowest BCUT2D eigenvalue weighted by molar-refractivity contribution is -0.114. The molecule has 1 heterocycles. The summed E-state index contributed by atoms with van der Waals surface area (Å²) in [6.07, 6.45) is 0. The van der Waals surface area contributed by atoms with Gasteiger partial charge in [0.1, 0.15) is 0 Å². The first-order chi connectivity index (χ1) is 9.95. The predicted molar refractivity (Wildman–Crippen MR) is 95.5 cm³/mol. The van der Waals surface area contributed by atoms with E-state index in [1.54, 1.807) is 0 Å². The molecule has 0 unspecified atom stereocenters. The van der Waals surface area contributed by atoms with Crippen LogP contribution in [0.25, 0.3) is 0 Å². The average molecular weight is 449 g/mol. The molecule has 1 N–H and O–H groups in total. The van der Waals surface area contributed by atoms with Crippen molar-refractivity contribution >= 4 is 72.3 Å². The van der Waals surface area contributed by atoms with Gasteiger partial charge in [0.05, 0.1) is 13.3 Å². The Morgan fingerprint density at radius 3 is 2.43 bits per heavy atom. The molecule has 0 bridgehead atoms. The van der Waals surface area contributed by atoms with Gasteiger partial charge in [0.15, 0.2) is 5.78 Å². The normalized spacial score (nSPS) is 10.4. The summed E-state index contributed by atoms with van der Waals surface area (Å²) in [5.41, 5.74) is 1.46. The summed E-state index contributed by atoms with van der Waals surface area (Å²) in [6.45, 7) is 1.47. The molecule has 7 heteroatoms. The van der Waals surface area contributed by atoms with Gasteiger partial charge in [0, 0.05) is 23.1 Å². The number of rotatable bonds is 5. The van der Waals surface area contributed by atoms with Crippen LogP contribution in [-0.4, -0.2) is 17.4 Å². The van der Waals surface area contributed by atoms with Crippen LogP contribution >= 0.6 is 55.0 Å². The van der Waals surface area contributed by atoms with Gasteiger partial charge in [-0.05, 0) is 62.2 Å². The smallest absolute Gasteiger partial charge is 0.221 e. The van der Waals surface area contributed by atoms with E-state index in [0.717, 1.165) is 18.2 Å². The number of Topliss-reactive ketones (excluding diaryl/α,β-unsaturated/α-hetero) is 1. The number of anilines is 1. The zero-order valence-electron chi connectivity index (χ0n) is 11.0. The van der Waals surface area contributed by atoms with Crippen LogP contribution in [0.15, 0.2) is 42.8 Å². The molecule has 1 aromatic heterocycles. The van der Waals surface area contributed by atoms with E-state index in [0.29, 0.717) is 11.3 Å². The van der Waals surface area contributed by atoms with Gasteiger partial charge >= 0.3 is 0 Å². The van der Waals surface area contributed by atoms with Gasteiger partial charge in [-0.25, -0.2) is 0 Å². The van der Waals surface area contributed by atoms with Crippen LogP contribution in [0.3, 0.4) is 0 Å². The molecule has 0 saturated carbocycles. The molecule has 0 aliphatic heterocycles. The molecule has 21 heavy (non-hydrogen) atoms. The lowest BCUT2D eigenvalue weighted by Gasteiger charge is -2.04. The van der Waals surface area contributed by atoms with Crippen molar-refractivity contribution in [2.75, 3.05) is 11.1 Å². The number of carbonyl (C=O) groups is 2. The molecule has 3 nitrogen and oxygen atoms in total. The molecule has 0 aliphatic rings. The minimum Gasteiger partial charge on any atom is -0.326 e. The van der Waals surface area contributed by atoms with Gasteiger partial charge in [-0.15, -0.1) is 23.1 Å². The zero-order chi connectivity index (χ0) is 15.4. The van der Waals surface area contributed by atoms with E-state index in [9.17, 15) is 9.59 Å². The largest absolute Gasteiger partial charge is 0.326 e. The van der Waals surface area contributed by atoms with Crippen molar-refractivity contribution < 1.29 is 9.59 Å². The van der Waals surface area contributed by atoms with E-state index < -0.39 is 0 Å². The molecule has 0 fully saturated rings. The maximum absolute atomic E-state index is 12.1. The predicted octanol–water partition coefficient (Wildman–Crippen LogP) is 5.21. The monoisotopic (exact) mass is 447 g/mol. The van der Waals surface area contributed by atoms with Crippen LogP contribution in [0.4, 0.5) is 5.69 Å². The number of hydrogen-bond donors (Lipinski definition) is 1. The molecule has 2 aromatic rings. The SMILES string of the molecule is CC(=O)Nc1ccc(SCC(=O)c2cc(Br)sc2Br)cc1. The Hall–Kier alpha value is -0.630. The third kappa shape index (κ3) is 4.95. The Balaban J connectivity index is 1.95. The van der Waals surface area contributed by atoms with E-state index >= 15 is 0 Å². The van der Waals surface area contributed by atoms with Crippen molar-refractivity contribution in [1.29, 1.82) is 0 Å². The van der Waals surface area contributed by atoms with Crippen LogP contribution in [-0.2, 0) is 4.79 Å². The van der Waals surface area contributed by atoms with Crippen LogP contribution in [0.5, 0.6) is 0 Å². The topological polar surface area (TPSA) is 46.2 Å². The number of thioether (sulfide) groups is 1. The van der Waals surface area contributed by atoms with Gasteiger partial charge in [0.2, 0.25) is 5.91 Å². The Kier molecular flexibility index (Phi) is 6.04. The quantitative estimate of drug-likeness (QED) is 0.504. The first kappa shape index (κ1) is 16.7. The number of halogens is 2. The Morgan fingerprint density at radius 1 is 1.24 bits per heavy atom. The molecular weight excluding hydrogens is 438 g/mol. The van der Waals surface area contributed by atoms with Gasteiger partial charge < -0.3 is 5.32 Å². The maximum Gasteiger partial charge on any atom is 0.221 e. The summed E-state index contributed by atoms with van der Waals surface area (Å²) in [5.74, 6) is 0.361. The summed E-state index contributed by atoms with van der Waals surface area (Å²) in [7, 11) is 0. The third-order valence-corrected chi connectivity index (χ3v) is 5.85. The highest BCUT2D eigenvalue weighted by Crippen LogP contribution is 2.33. The summed E-state index contributed by atoms with van der Waals surface area (Å²) < 4.78 is 1.78. The highest BCUT2D eigenvalue weighted by molar-refractivity contribution is 9.12. The van der Waals surface area contributed by atoms with Crippen molar-refractivity contribution in [2.24, 2.45) is 0 Å². The Bertz CT molecular complexity index is 668.